The highest BCUT2D eigenvalue weighted by molar-refractivity contribution is 5.92. The zero-order valence-electron chi connectivity index (χ0n) is 15.0. The molecule has 1 aromatic carbocycles. The fourth-order valence-corrected chi connectivity index (χ4v) is 2.97. The number of ether oxygens (including phenoxy) is 1. The van der Waals surface area contributed by atoms with Crippen molar-refractivity contribution in [2.45, 2.75) is 26.7 Å². The lowest BCUT2D eigenvalue weighted by molar-refractivity contribution is 0.0595. The number of amides is 2. The quantitative estimate of drug-likeness (QED) is 0.773. The van der Waals surface area contributed by atoms with Gasteiger partial charge in [-0.15, -0.1) is 0 Å². The summed E-state index contributed by atoms with van der Waals surface area (Å²) in [6.07, 6.45) is 2.47. The van der Waals surface area contributed by atoms with E-state index in [4.69, 9.17) is 0 Å². The lowest BCUT2D eigenvalue weighted by atomic mass is 9.93. The average molecular weight is 351 g/mol. The van der Waals surface area contributed by atoms with Crippen molar-refractivity contribution in [1.82, 2.24) is 10.2 Å². The van der Waals surface area contributed by atoms with Gasteiger partial charge in [0.1, 0.15) is 5.82 Å². The summed E-state index contributed by atoms with van der Waals surface area (Å²) in [4.78, 5) is 25.8. The van der Waals surface area contributed by atoms with Gasteiger partial charge in [-0.1, -0.05) is 13.8 Å². The van der Waals surface area contributed by atoms with E-state index in [1.165, 1.54) is 32.1 Å². The Balaban J connectivity index is 1.85. The van der Waals surface area contributed by atoms with Gasteiger partial charge in [-0.25, -0.2) is 14.0 Å². The number of carbonyl (C=O) groups excluding carboxylic acids is 2. The molecule has 0 radical (unpaired) electrons. The average Bonchev–Trinajstić information content (AvgIpc) is 3.05. The second kappa shape index (κ2) is 8.29. The van der Waals surface area contributed by atoms with Crippen LogP contribution in [0.15, 0.2) is 18.2 Å². The molecule has 7 heteroatoms. The number of carbonyl (C=O) groups is 2. The molecule has 1 aliphatic heterocycles. The van der Waals surface area contributed by atoms with Gasteiger partial charge in [-0.05, 0) is 49.5 Å². The van der Waals surface area contributed by atoms with Crippen LogP contribution in [0.3, 0.4) is 0 Å². The molecular weight excluding hydrogens is 325 g/mol. The van der Waals surface area contributed by atoms with Crippen molar-refractivity contribution >= 4 is 17.7 Å². The van der Waals surface area contributed by atoms with Crippen molar-refractivity contribution in [2.75, 3.05) is 38.6 Å². The van der Waals surface area contributed by atoms with E-state index >= 15 is 0 Å². The van der Waals surface area contributed by atoms with Crippen molar-refractivity contribution in [1.29, 1.82) is 0 Å². The van der Waals surface area contributed by atoms with E-state index in [0.717, 1.165) is 25.7 Å². The molecule has 6 nitrogen and oxygen atoms in total. The Labute approximate surface area is 147 Å². The van der Waals surface area contributed by atoms with Gasteiger partial charge in [0.15, 0.2) is 0 Å². The number of nitrogens with zero attached hydrogens (tertiary/aromatic N) is 1. The lowest BCUT2D eigenvalue weighted by Crippen LogP contribution is -2.42. The van der Waals surface area contributed by atoms with Crippen molar-refractivity contribution < 1.29 is 18.7 Å². The summed E-state index contributed by atoms with van der Waals surface area (Å²) >= 11 is 0. The van der Waals surface area contributed by atoms with Crippen LogP contribution in [0.1, 0.15) is 37.0 Å². The zero-order valence-corrected chi connectivity index (χ0v) is 15.0. The van der Waals surface area contributed by atoms with Gasteiger partial charge < -0.3 is 20.3 Å². The van der Waals surface area contributed by atoms with E-state index in [1.807, 2.05) is 0 Å². The molecule has 138 valence electrons. The van der Waals surface area contributed by atoms with Crippen molar-refractivity contribution in [3.8, 4) is 0 Å². The maximum absolute atomic E-state index is 13.9. The highest BCUT2D eigenvalue weighted by Crippen LogP contribution is 2.20. The maximum atomic E-state index is 13.9. The van der Waals surface area contributed by atoms with Gasteiger partial charge in [-0.2, -0.15) is 0 Å². The van der Waals surface area contributed by atoms with Gasteiger partial charge in [0.25, 0.3) is 0 Å². The van der Waals surface area contributed by atoms with Crippen molar-refractivity contribution in [3.05, 3.63) is 29.6 Å². The molecule has 0 saturated carbocycles. The monoisotopic (exact) mass is 351 g/mol. The Morgan fingerprint density at radius 2 is 1.96 bits per heavy atom. The topological polar surface area (TPSA) is 70.7 Å². The first-order valence-electron chi connectivity index (χ1n) is 8.46. The number of nitrogens with one attached hydrogen (secondary N) is 2. The SMILES string of the molecule is COC(=O)c1ccc(NC(=O)NCC(C)(C)CN2CCCC2)cc1F. The van der Waals surface area contributed by atoms with E-state index in [2.05, 4.69) is 34.1 Å². The Kier molecular flexibility index (Phi) is 6.36. The zero-order chi connectivity index (χ0) is 18.4. The summed E-state index contributed by atoms with van der Waals surface area (Å²) < 4.78 is 18.3. The summed E-state index contributed by atoms with van der Waals surface area (Å²) in [5.41, 5.74) is 0.0574. The number of anilines is 1. The molecule has 1 fully saturated rings. The first kappa shape index (κ1) is 19.2. The van der Waals surface area contributed by atoms with Crippen LogP contribution in [0, 0.1) is 11.2 Å². The fourth-order valence-electron chi connectivity index (χ4n) is 2.97. The van der Waals surface area contributed by atoms with Gasteiger partial charge in [0.05, 0.1) is 12.7 Å². The molecule has 1 saturated heterocycles. The van der Waals surface area contributed by atoms with E-state index in [9.17, 15) is 14.0 Å². The molecule has 2 rings (SSSR count). The fraction of sp³-hybridized carbons (Fsp3) is 0.556. The van der Waals surface area contributed by atoms with Crippen LogP contribution in [0.2, 0.25) is 0 Å². The van der Waals surface area contributed by atoms with Crippen molar-refractivity contribution in [3.63, 3.8) is 0 Å². The van der Waals surface area contributed by atoms with E-state index in [-0.39, 0.29) is 16.7 Å². The molecule has 2 N–H and O–H groups in total. The largest absolute Gasteiger partial charge is 0.465 e. The number of urea groups is 1. The normalized spacial score (nSPS) is 15.0. The third-order valence-electron chi connectivity index (χ3n) is 4.21. The van der Waals surface area contributed by atoms with E-state index in [0.29, 0.717) is 6.54 Å². The number of benzene rings is 1. The molecule has 0 spiro atoms. The van der Waals surface area contributed by atoms with Crippen LogP contribution in [-0.2, 0) is 4.74 Å². The van der Waals surface area contributed by atoms with Crippen LogP contribution in [0.4, 0.5) is 14.9 Å². The Morgan fingerprint density at radius 3 is 2.56 bits per heavy atom. The third kappa shape index (κ3) is 5.70. The number of esters is 1. The Morgan fingerprint density at radius 1 is 1.28 bits per heavy atom. The number of halogens is 1. The number of hydrogen-bond donors (Lipinski definition) is 2. The Hall–Kier alpha value is -2.15. The van der Waals surface area contributed by atoms with Gasteiger partial charge in [0, 0.05) is 18.8 Å². The highest BCUT2D eigenvalue weighted by Gasteiger charge is 2.24. The standard InChI is InChI=1S/C18H26FN3O3/c1-18(2,12-22-8-4-5-9-22)11-20-17(24)21-13-6-7-14(15(19)10-13)16(23)25-3/h6-7,10H,4-5,8-9,11-12H2,1-3H3,(H2,20,21,24). The van der Waals surface area contributed by atoms with Crippen LogP contribution < -0.4 is 10.6 Å². The van der Waals surface area contributed by atoms with Gasteiger partial charge >= 0.3 is 12.0 Å². The minimum Gasteiger partial charge on any atom is -0.465 e. The van der Waals surface area contributed by atoms with E-state index < -0.39 is 17.8 Å². The molecule has 0 atom stereocenters. The van der Waals surface area contributed by atoms with Crippen LogP contribution >= 0.6 is 0 Å². The van der Waals surface area contributed by atoms with Gasteiger partial charge in [-0.3, -0.25) is 0 Å². The first-order chi connectivity index (χ1) is 11.8. The second-order valence-corrected chi connectivity index (χ2v) is 7.14. The molecule has 25 heavy (non-hydrogen) atoms. The van der Waals surface area contributed by atoms with E-state index in [1.54, 1.807) is 0 Å². The predicted octanol–water partition coefficient (Wildman–Crippen LogP) is 2.86. The molecule has 1 aromatic rings. The molecule has 2 amide bonds. The number of methoxy groups -OCH3 is 1. The molecule has 0 bridgehead atoms. The number of hydrogen-bond acceptors (Lipinski definition) is 4. The molecule has 0 aliphatic carbocycles. The molecule has 0 aromatic heterocycles. The predicted molar refractivity (Wildman–Crippen MR) is 94.2 cm³/mol. The lowest BCUT2D eigenvalue weighted by Gasteiger charge is -2.30. The molecule has 1 heterocycles. The van der Waals surface area contributed by atoms with Gasteiger partial charge in [0.2, 0.25) is 0 Å². The summed E-state index contributed by atoms with van der Waals surface area (Å²) in [5, 5.41) is 5.40. The molecule has 0 unspecified atom stereocenters. The minimum absolute atomic E-state index is 0.0539. The van der Waals surface area contributed by atoms with Crippen LogP contribution in [-0.4, -0.2) is 50.2 Å². The molecular formula is C18H26FN3O3. The minimum atomic E-state index is -0.753. The maximum Gasteiger partial charge on any atom is 0.340 e. The summed E-state index contributed by atoms with van der Waals surface area (Å²) in [7, 11) is 1.19. The van der Waals surface area contributed by atoms with Crippen molar-refractivity contribution in [2.24, 2.45) is 5.41 Å². The Bertz CT molecular complexity index is 628. The first-order valence-corrected chi connectivity index (χ1v) is 8.46. The highest BCUT2D eigenvalue weighted by atomic mass is 19.1. The third-order valence-corrected chi connectivity index (χ3v) is 4.21. The summed E-state index contributed by atoms with van der Waals surface area (Å²) in [5.74, 6) is -1.49. The summed E-state index contributed by atoms with van der Waals surface area (Å²) in [6.45, 7) is 7.88. The molecule has 1 aliphatic rings. The van der Waals surface area contributed by atoms with Crippen LogP contribution in [0.25, 0.3) is 0 Å². The smallest absolute Gasteiger partial charge is 0.340 e. The summed E-state index contributed by atoms with van der Waals surface area (Å²) in [6, 6.07) is 3.44. The van der Waals surface area contributed by atoms with Crippen LogP contribution in [0.5, 0.6) is 0 Å². The number of likely N-dealkylation sites (tertiary alicyclic amines) is 1. The second-order valence-electron chi connectivity index (χ2n) is 7.14. The number of rotatable bonds is 6.